The number of hydrogen-bond acceptors (Lipinski definition) is 5. The molecule has 0 amide bonds. The number of nitrogens with two attached hydrogens (primary N) is 2. The Balaban J connectivity index is 2.42. The molecule has 5 heteroatoms. The highest BCUT2D eigenvalue weighted by atomic mass is 15.0. The molecule has 0 unspecified atom stereocenters. The summed E-state index contributed by atoms with van der Waals surface area (Å²) in [6.45, 7) is 19.8. The van der Waals surface area contributed by atoms with Gasteiger partial charge in [-0.3, -0.25) is 4.98 Å². The van der Waals surface area contributed by atoms with Crippen molar-refractivity contribution in [2.75, 3.05) is 11.5 Å². The van der Waals surface area contributed by atoms with Crippen molar-refractivity contribution in [3.8, 4) is 0 Å². The molecule has 0 radical (unpaired) electrons. The van der Waals surface area contributed by atoms with E-state index in [9.17, 15) is 0 Å². The zero-order valence-electron chi connectivity index (χ0n) is 19.1. The molecule has 2 rings (SSSR count). The molecule has 0 fully saturated rings. The lowest BCUT2D eigenvalue weighted by Gasteiger charge is -2.31. The second-order valence-corrected chi connectivity index (χ2v) is 10.5. The van der Waals surface area contributed by atoms with Crippen LogP contribution in [0.2, 0.25) is 0 Å². The lowest BCUT2D eigenvalue weighted by molar-refractivity contribution is 0.467. The zero-order valence-corrected chi connectivity index (χ0v) is 19.1. The Morgan fingerprint density at radius 2 is 1.29 bits per heavy atom. The normalized spacial score (nSPS) is 13.0. The molecule has 0 aromatic carbocycles. The maximum absolute atomic E-state index is 6.11. The number of aryl methyl sites for hydroxylation is 1. The fraction of sp³-hybridized carbons (Fsp3) is 0.609. The van der Waals surface area contributed by atoms with Gasteiger partial charge in [0.05, 0.1) is 0 Å². The molecule has 2 heterocycles. The Hall–Kier alpha value is -2.17. The van der Waals surface area contributed by atoms with Crippen molar-refractivity contribution in [3.63, 3.8) is 0 Å². The minimum absolute atomic E-state index is 0.00208. The van der Waals surface area contributed by atoms with Gasteiger partial charge < -0.3 is 11.5 Å². The van der Waals surface area contributed by atoms with E-state index in [1.54, 1.807) is 0 Å². The molecule has 154 valence electrons. The Morgan fingerprint density at radius 1 is 0.786 bits per heavy atom. The van der Waals surface area contributed by atoms with Crippen LogP contribution in [0.15, 0.2) is 12.1 Å². The first kappa shape index (κ1) is 22.1. The molecule has 0 atom stereocenters. The second kappa shape index (κ2) is 7.34. The van der Waals surface area contributed by atoms with Crippen LogP contribution < -0.4 is 11.5 Å². The van der Waals surface area contributed by atoms with Crippen molar-refractivity contribution in [1.29, 1.82) is 0 Å². The first-order valence-corrected chi connectivity index (χ1v) is 10.0. The number of nitrogens with zero attached hydrogens (tertiary/aromatic N) is 3. The number of nitrogen functional groups attached to an aromatic ring is 2. The molecule has 4 N–H and O–H groups in total. The summed E-state index contributed by atoms with van der Waals surface area (Å²) in [5.74, 6) is 0.720. The van der Waals surface area contributed by atoms with Crippen LogP contribution in [0.4, 0.5) is 11.8 Å². The Labute approximate surface area is 170 Å². The highest BCUT2D eigenvalue weighted by Gasteiger charge is 2.28. The molecular formula is C23H37N5. The molecule has 0 aliphatic carbocycles. The molecular weight excluding hydrogens is 346 g/mol. The summed E-state index contributed by atoms with van der Waals surface area (Å²) >= 11 is 0. The van der Waals surface area contributed by atoms with E-state index in [0.717, 1.165) is 35.5 Å². The van der Waals surface area contributed by atoms with Gasteiger partial charge in [0.25, 0.3) is 0 Å². The van der Waals surface area contributed by atoms with Crippen molar-refractivity contribution >= 4 is 11.8 Å². The van der Waals surface area contributed by atoms with Crippen LogP contribution >= 0.6 is 0 Å². The highest BCUT2D eigenvalue weighted by Crippen LogP contribution is 2.35. The van der Waals surface area contributed by atoms with Crippen LogP contribution in [-0.4, -0.2) is 15.0 Å². The van der Waals surface area contributed by atoms with Gasteiger partial charge >= 0.3 is 0 Å². The number of anilines is 2. The topological polar surface area (TPSA) is 90.7 Å². The van der Waals surface area contributed by atoms with E-state index in [-0.39, 0.29) is 22.2 Å². The van der Waals surface area contributed by atoms with E-state index in [4.69, 9.17) is 16.5 Å². The first-order valence-electron chi connectivity index (χ1n) is 10.0. The lowest BCUT2D eigenvalue weighted by Crippen LogP contribution is -2.25. The van der Waals surface area contributed by atoms with Crippen molar-refractivity contribution in [2.24, 2.45) is 0 Å². The van der Waals surface area contributed by atoms with Gasteiger partial charge in [-0.15, -0.1) is 0 Å². The quantitative estimate of drug-likeness (QED) is 0.787. The maximum Gasteiger partial charge on any atom is 0.222 e. The van der Waals surface area contributed by atoms with Crippen LogP contribution in [0.3, 0.4) is 0 Å². The standard InChI is InChI=1S/C23H37N5/c1-14-16(19(24)28-20(25)26-14)10-11-23(8,9)15-12-17(21(2,3)4)27-18(13-15)22(5,6)7/h12-13H,10-11H2,1-9H3,(H4,24,25,26,28). The summed E-state index contributed by atoms with van der Waals surface area (Å²) in [6, 6.07) is 4.54. The highest BCUT2D eigenvalue weighted by molar-refractivity contribution is 5.46. The van der Waals surface area contributed by atoms with Crippen molar-refractivity contribution in [1.82, 2.24) is 15.0 Å². The lowest BCUT2D eigenvalue weighted by atomic mass is 9.76. The molecule has 0 saturated heterocycles. The number of aromatic nitrogens is 3. The van der Waals surface area contributed by atoms with Crippen LogP contribution in [-0.2, 0) is 22.7 Å². The zero-order chi connectivity index (χ0) is 21.5. The molecule has 28 heavy (non-hydrogen) atoms. The monoisotopic (exact) mass is 383 g/mol. The minimum Gasteiger partial charge on any atom is -0.383 e. The van der Waals surface area contributed by atoms with E-state index in [0.29, 0.717) is 5.82 Å². The fourth-order valence-electron chi connectivity index (χ4n) is 3.22. The maximum atomic E-state index is 6.11. The van der Waals surface area contributed by atoms with Gasteiger partial charge in [0, 0.05) is 33.5 Å². The van der Waals surface area contributed by atoms with Gasteiger partial charge in [0.2, 0.25) is 5.95 Å². The van der Waals surface area contributed by atoms with Crippen LogP contribution in [0.5, 0.6) is 0 Å². The average molecular weight is 384 g/mol. The predicted octanol–water partition coefficient (Wildman–Crippen LogP) is 4.85. The fourth-order valence-corrected chi connectivity index (χ4v) is 3.22. The van der Waals surface area contributed by atoms with E-state index >= 15 is 0 Å². The predicted molar refractivity (Wildman–Crippen MR) is 119 cm³/mol. The second-order valence-electron chi connectivity index (χ2n) is 10.5. The van der Waals surface area contributed by atoms with Crippen molar-refractivity contribution in [3.05, 3.63) is 40.3 Å². The Bertz CT molecular complexity index is 799. The average Bonchev–Trinajstić information content (AvgIpc) is 2.51. The van der Waals surface area contributed by atoms with E-state index < -0.39 is 0 Å². The first-order chi connectivity index (χ1) is 12.6. The smallest absolute Gasteiger partial charge is 0.222 e. The molecule has 0 aliphatic rings. The van der Waals surface area contributed by atoms with Crippen molar-refractivity contribution in [2.45, 2.75) is 91.4 Å². The van der Waals surface area contributed by atoms with Gasteiger partial charge in [-0.05, 0) is 42.9 Å². The summed E-state index contributed by atoms with van der Waals surface area (Å²) in [7, 11) is 0. The summed E-state index contributed by atoms with van der Waals surface area (Å²) in [5, 5.41) is 0. The van der Waals surface area contributed by atoms with Gasteiger partial charge in [-0.2, -0.15) is 4.98 Å². The van der Waals surface area contributed by atoms with E-state index in [1.165, 1.54) is 5.56 Å². The number of hydrogen-bond donors (Lipinski definition) is 2. The minimum atomic E-state index is -0.0385. The molecule has 0 bridgehead atoms. The molecule has 0 spiro atoms. The van der Waals surface area contributed by atoms with E-state index in [2.05, 4.69) is 77.5 Å². The van der Waals surface area contributed by atoms with Crippen molar-refractivity contribution < 1.29 is 0 Å². The third-order valence-corrected chi connectivity index (χ3v) is 5.41. The molecule has 0 aliphatic heterocycles. The molecule has 0 saturated carbocycles. The van der Waals surface area contributed by atoms with Gasteiger partial charge in [-0.1, -0.05) is 55.4 Å². The Kier molecular flexibility index (Phi) is 5.80. The van der Waals surface area contributed by atoms with Crippen LogP contribution in [0, 0.1) is 6.92 Å². The summed E-state index contributed by atoms with van der Waals surface area (Å²) in [4.78, 5) is 13.4. The van der Waals surface area contributed by atoms with Crippen LogP contribution in [0.25, 0.3) is 0 Å². The summed E-state index contributed by atoms with van der Waals surface area (Å²) in [5.41, 5.74) is 17.2. The van der Waals surface area contributed by atoms with Crippen LogP contribution in [0.1, 0.15) is 90.0 Å². The summed E-state index contributed by atoms with van der Waals surface area (Å²) < 4.78 is 0. The number of rotatable bonds is 4. The SMILES string of the molecule is Cc1nc(N)nc(N)c1CCC(C)(C)c1cc(C(C)(C)C)nc(C(C)(C)C)c1. The van der Waals surface area contributed by atoms with E-state index in [1.807, 2.05) is 6.92 Å². The largest absolute Gasteiger partial charge is 0.383 e. The Morgan fingerprint density at radius 3 is 1.71 bits per heavy atom. The van der Waals surface area contributed by atoms with Gasteiger partial charge in [0.1, 0.15) is 5.82 Å². The molecule has 5 nitrogen and oxygen atoms in total. The van der Waals surface area contributed by atoms with Gasteiger partial charge in [-0.25, -0.2) is 4.98 Å². The number of pyridine rings is 1. The third-order valence-electron chi connectivity index (χ3n) is 5.41. The van der Waals surface area contributed by atoms with Gasteiger partial charge in [0.15, 0.2) is 0 Å². The molecule has 2 aromatic rings. The summed E-state index contributed by atoms with van der Waals surface area (Å²) in [6.07, 6.45) is 1.74. The third kappa shape index (κ3) is 5.00. The molecule has 2 aromatic heterocycles.